The van der Waals surface area contributed by atoms with Crippen LogP contribution in [0.25, 0.3) is 0 Å². The van der Waals surface area contributed by atoms with E-state index in [1.807, 2.05) is 30.3 Å². The summed E-state index contributed by atoms with van der Waals surface area (Å²) >= 11 is 0. The quantitative estimate of drug-likeness (QED) is 0.387. The maximum Gasteiger partial charge on any atom is 1.00 e. The third kappa shape index (κ3) is 6.05. The molecule has 82 valence electrons. The van der Waals surface area contributed by atoms with Crippen LogP contribution in [0.2, 0.25) is 0 Å². The van der Waals surface area contributed by atoms with Gasteiger partial charge in [0.1, 0.15) is 0 Å². The standard InChI is InChI=1S/C12H14O3.Na.H/c1-2-11(13)15-12(14)9-8-10-6-4-3-5-7-10;;/h3-7H,2,8-9H2,1H3;;/q;+1;-1. The van der Waals surface area contributed by atoms with Crippen LogP contribution in [-0.2, 0) is 20.7 Å². The van der Waals surface area contributed by atoms with E-state index in [0.717, 1.165) is 5.56 Å². The van der Waals surface area contributed by atoms with Crippen molar-refractivity contribution < 1.29 is 45.3 Å². The summed E-state index contributed by atoms with van der Waals surface area (Å²) in [6.07, 6.45) is 1.09. The van der Waals surface area contributed by atoms with Crippen LogP contribution in [0.5, 0.6) is 0 Å². The molecule has 0 heterocycles. The van der Waals surface area contributed by atoms with E-state index in [1.54, 1.807) is 6.92 Å². The van der Waals surface area contributed by atoms with Crippen molar-refractivity contribution in [1.82, 2.24) is 0 Å². The van der Waals surface area contributed by atoms with Gasteiger partial charge in [0.2, 0.25) is 0 Å². The number of ether oxygens (including phenoxy) is 1. The Labute approximate surface area is 119 Å². The van der Waals surface area contributed by atoms with Crippen molar-refractivity contribution in [3.8, 4) is 0 Å². The van der Waals surface area contributed by atoms with Gasteiger partial charge in [-0.2, -0.15) is 0 Å². The van der Waals surface area contributed by atoms with E-state index in [0.29, 0.717) is 6.42 Å². The summed E-state index contributed by atoms with van der Waals surface area (Å²) in [5.41, 5.74) is 1.07. The summed E-state index contributed by atoms with van der Waals surface area (Å²) in [5, 5.41) is 0. The molecular weight excluding hydrogens is 215 g/mol. The van der Waals surface area contributed by atoms with Gasteiger partial charge in [0.05, 0.1) is 6.42 Å². The maximum atomic E-state index is 11.1. The van der Waals surface area contributed by atoms with Gasteiger partial charge in [-0.1, -0.05) is 37.3 Å². The van der Waals surface area contributed by atoms with Crippen LogP contribution < -0.4 is 29.6 Å². The second-order valence-electron chi connectivity index (χ2n) is 3.19. The minimum atomic E-state index is -0.465. The van der Waals surface area contributed by atoms with Crippen LogP contribution in [0, 0.1) is 0 Å². The first-order valence-electron chi connectivity index (χ1n) is 4.99. The summed E-state index contributed by atoms with van der Waals surface area (Å²) in [7, 11) is 0. The molecule has 0 spiro atoms. The first kappa shape index (κ1) is 15.4. The summed E-state index contributed by atoms with van der Waals surface area (Å²) < 4.78 is 4.54. The largest absolute Gasteiger partial charge is 1.00 e. The molecule has 0 aliphatic heterocycles. The van der Waals surface area contributed by atoms with E-state index in [1.165, 1.54) is 0 Å². The molecule has 1 aromatic carbocycles. The van der Waals surface area contributed by atoms with Gasteiger partial charge in [0.25, 0.3) is 0 Å². The molecule has 16 heavy (non-hydrogen) atoms. The van der Waals surface area contributed by atoms with Gasteiger partial charge in [-0.15, -0.1) is 0 Å². The van der Waals surface area contributed by atoms with Crippen molar-refractivity contribution in [1.29, 1.82) is 0 Å². The molecule has 0 aliphatic rings. The Balaban J connectivity index is 0. The number of carbonyl (C=O) groups excluding carboxylic acids is 2. The van der Waals surface area contributed by atoms with Crippen molar-refractivity contribution in [3.05, 3.63) is 35.9 Å². The first-order valence-corrected chi connectivity index (χ1v) is 4.99. The Kier molecular flexibility index (Phi) is 8.16. The van der Waals surface area contributed by atoms with Gasteiger partial charge in [-0.3, -0.25) is 9.59 Å². The normalized spacial score (nSPS) is 9.06. The molecule has 0 N–H and O–H groups in total. The van der Waals surface area contributed by atoms with Crippen molar-refractivity contribution in [2.75, 3.05) is 0 Å². The molecule has 0 fully saturated rings. The zero-order valence-electron chi connectivity index (χ0n) is 10.7. The predicted molar refractivity (Wildman–Crippen MR) is 57.3 cm³/mol. The number of rotatable bonds is 4. The maximum absolute atomic E-state index is 11.1. The average molecular weight is 230 g/mol. The molecular formula is C12H15NaO3. The Morgan fingerprint density at radius 3 is 2.38 bits per heavy atom. The molecule has 3 nitrogen and oxygen atoms in total. The van der Waals surface area contributed by atoms with Gasteiger partial charge in [0, 0.05) is 6.42 Å². The average Bonchev–Trinajstić information content (AvgIpc) is 2.27. The topological polar surface area (TPSA) is 43.4 Å². The first-order chi connectivity index (χ1) is 7.22. The molecule has 0 aliphatic carbocycles. The molecule has 0 saturated heterocycles. The minimum Gasteiger partial charge on any atom is -1.00 e. The van der Waals surface area contributed by atoms with Crippen LogP contribution in [0.3, 0.4) is 0 Å². The van der Waals surface area contributed by atoms with Crippen LogP contribution in [-0.4, -0.2) is 11.9 Å². The van der Waals surface area contributed by atoms with E-state index in [2.05, 4.69) is 4.74 Å². The Morgan fingerprint density at radius 1 is 1.19 bits per heavy atom. The molecule has 0 aromatic heterocycles. The molecule has 1 rings (SSSR count). The fourth-order valence-corrected chi connectivity index (χ4v) is 1.14. The second kappa shape index (κ2) is 8.50. The zero-order valence-corrected chi connectivity index (χ0v) is 11.7. The third-order valence-corrected chi connectivity index (χ3v) is 1.98. The minimum absolute atomic E-state index is 0. The summed E-state index contributed by atoms with van der Waals surface area (Å²) in [4.78, 5) is 21.9. The molecule has 4 heteroatoms. The number of hydrogen-bond donors (Lipinski definition) is 0. The van der Waals surface area contributed by atoms with Crippen LogP contribution in [0.4, 0.5) is 0 Å². The van der Waals surface area contributed by atoms with Crippen molar-refractivity contribution in [3.63, 3.8) is 0 Å². The van der Waals surface area contributed by atoms with Crippen molar-refractivity contribution in [2.24, 2.45) is 0 Å². The number of hydrogen-bond acceptors (Lipinski definition) is 3. The molecule has 0 radical (unpaired) electrons. The SMILES string of the molecule is CCC(=O)OC(=O)CCc1ccccc1.[H-].[Na+]. The fraction of sp³-hybridized carbons (Fsp3) is 0.333. The number of aryl methyl sites for hydroxylation is 1. The Bertz CT molecular complexity index is 341. The summed E-state index contributed by atoms with van der Waals surface area (Å²) in [6, 6.07) is 9.63. The fourth-order valence-electron chi connectivity index (χ4n) is 1.14. The number of esters is 2. The van der Waals surface area contributed by atoms with E-state index >= 15 is 0 Å². The predicted octanol–water partition coefficient (Wildman–Crippen LogP) is -0.784. The summed E-state index contributed by atoms with van der Waals surface area (Å²) in [5.74, 6) is -0.918. The van der Waals surface area contributed by atoms with E-state index < -0.39 is 11.9 Å². The second-order valence-corrected chi connectivity index (χ2v) is 3.19. The molecule has 0 saturated carbocycles. The third-order valence-electron chi connectivity index (χ3n) is 1.98. The smallest absolute Gasteiger partial charge is 1.00 e. The van der Waals surface area contributed by atoms with Crippen molar-refractivity contribution >= 4 is 11.9 Å². The molecule has 1 aromatic rings. The van der Waals surface area contributed by atoms with Gasteiger partial charge in [0.15, 0.2) is 0 Å². The van der Waals surface area contributed by atoms with E-state index in [4.69, 9.17) is 0 Å². The number of carbonyl (C=O) groups is 2. The Hall–Kier alpha value is -0.640. The van der Waals surface area contributed by atoms with Gasteiger partial charge >= 0.3 is 41.5 Å². The monoisotopic (exact) mass is 230 g/mol. The number of benzene rings is 1. The van der Waals surface area contributed by atoms with Crippen LogP contribution in [0.1, 0.15) is 26.8 Å². The molecule has 0 atom stereocenters. The Morgan fingerprint density at radius 2 is 1.81 bits per heavy atom. The summed E-state index contributed by atoms with van der Waals surface area (Å²) in [6.45, 7) is 1.66. The van der Waals surface area contributed by atoms with Crippen LogP contribution in [0.15, 0.2) is 30.3 Å². The zero-order chi connectivity index (χ0) is 11.1. The van der Waals surface area contributed by atoms with Gasteiger partial charge in [-0.25, -0.2) is 0 Å². The van der Waals surface area contributed by atoms with Crippen molar-refractivity contribution in [2.45, 2.75) is 26.2 Å². The van der Waals surface area contributed by atoms with Gasteiger partial charge < -0.3 is 6.16 Å². The molecule has 0 amide bonds. The van der Waals surface area contributed by atoms with E-state index in [9.17, 15) is 9.59 Å². The van der Waals surface area contributed by atoms with Crippen LogP contribution >= 0.6 is 0 Å². The van der Waals surface area contributed by atoms with Gasteiger partial charge in [-0.05, 0) is 12.0 Å². The molecule has 0 bridgehead atoms. The molecule has 0 unspecified atom stereocenters. The van der Waals surface area contributed by atoms with E-state index in [-0.39, 0.29) is 43.8 Å².